The number of nitrogens with zero attached hydrogens (tertiary/aromatic N) is 2. The van der Waals surface area contributed by atoms with Crippen LogP contribution in [0.2, 0.25) is 0 Å². The monoisotopic (exact) mass is 476 g/mol. The van der Waals surface area contributed by atoms with E-state index in [1.54, 1.807) is 16.7 Å². The average Bonchev–Trinajstić information content (AvgIpc) is 3.15. The number of thioether (sulfide) groups is 1. The predicted molar refractivity (Wildman–Crippen MR) is 130 cm³/mol. The Balaban J connectivity index is 1.42. The van der Waals surface area contributed by atoms with Crippen molar-refractivity contribution >= 4 is 29.5 Å². The molecule has 2 aromatic rings. The predicted octanol–water partition coefficient (Wildman–Crippen LogP) is 2.86. The molecule has 7 rings (SSSR count). The van der Waals surface area contributed by atoms with Crippen molar-refractivity contribution in [2.24, 2.45) is 11.8 Å². The summed E-state index contributed by atoms with van der Waals surface area (Å²) in [6, 6.07) is 15.7. The molecule has 0 saturated carbocycles. The van der Waals surface area contributed by atoms with Crippen LogP contribution in [0.3, 0.4) is 0 Å². The first-order valence-electron chi connectivity index (χ1n) is 12.0. The molecule has 176 valence electrons. The van der Waals surface area contributed by atoms with E-state index in [1.807, 2.05) is 30.5 Å². The van der Waals surface area contributed by atoms with Crippen molar-refractivity contribution in [3.8, 4) is 0 Å². The van der Waals surface area contributed by atoms with Crippen LogP contribution in [0.1, 0.15) is 40.5 Å². The summed E-state index contributed by atoms with van der Waals surface area (Å²) in [7, 11) is 0. The highest BCUT2D eigenvalue weighted by Gasteiger charge is 2.63. The molecule has 2 saturated heterocycles. The van der Waals surface area contributed by atoms with Gasteiger partial charge in [0.1, 0.15) is 6.04 Å². The number of hydrogen-bond donors (Lipinski definition) is 0. The van der Waals surface area contributed by atoms with Gasteiger partial charge in [0.25, 0.3) is 0 Å². The minimum Gasteiger partial charge on any atom is -0.378 e. The molecule has 2 bridgehead atoms. The maximum Gasteiger partial charge on any atom is 0.246 e. The van der Waals surface area contributed by atoms with Crippen LogP contribution in [0.15, 0.2) is 48.5 Å². The van der Waals surface area contributed by atoms with Gasteiger partial charge in [-0.25, -0.2) is 0 Å². The Morgan fingerprint density at radius 3 is 1.82 bits per heavy atom. The zero-order chi connectivity index (χ0) is 23.4. The van der Waals surface area contributed by atoms with Gasteiger partial charge < -0.3 is 9.64 Å². The number of carbonyl (C=O) groups is 3. The number of rotatable bonds is 5. The van der Waals surface area contributed by atoms with Gasteiger partial charge >= 0.3 is 0 Å². The van der Waals surface area contributed by atoms with Gasteiger partial charge in [-0.3, -0.25) is 19.3 Å². The Morgan fingerprint density at radius 2 is 1.38 bits per heavy atom. The number of carbonyl (C=O) groups excluding carboxylic acids is 3. The molecule has 3 atom stereocenters. The zero-order valence-electron chi connectivity index (χ0n) is 19.2. The Bertz CT molecular complexity index is 1050. The van der Waals surface area contributed by atoms with Crippen molar-refractivity contribution in [1.29, 1.82) is 0 Å². The van der Waals surface area contributed by atoms with E-state index >= 15 is 0 Å². The summed E-state index contributed by atoms with van der Waals surface area (Å²) in [5.41, 5.74) is 4.59. The first-order chi connectivity index (χ1) is 16.6. The van der Waals surface area contributed by atoms with Gasteiger partial charge in [-0.2, -0.15) is 11.8 Å². The average molecular weight is 477 g/mol. The summed E-state index contributed by atoms with van der Waals surface area (Å²) in [6.07, 6.45) is 2.46. The van der Waals surface area contributed by atoms with E-state index < -0.39 is 17.9 Å². The molecule has 3 unspecified atom stereocenters. The van der Waals surface area contributed by atoms with Gasteiger partial charge in [0, 0.05) is 24.9 Å². The van der Waals surface area contributed by atoms with Crippen molar-refractivity contribution in [3.05, 3.63) is 70.8 Å². The molecule has 0 aromatic heterocycles. The quantitative estimate of drug-likeness (QED) is 0.621. The lowest BCUT2D eigenvalue weighted by molar-refractivity contribution is -0.153. The van der Waals surface area contributed by atoms with E-state index in [9.17, 15) is 14.4 Å². The van der Waals surface area contributed by atoms with E-state index in [4.69, 9.17) is 4.74 Å². The standard InChI is InChI=1S/C27H28N2O4S/c1-34-15-10-20(25(30)28-11-13-33-14-12-28)29-26(31)23-21-16-6-2-3-7-17(16)22(24(23)27(29)32)19-9-5-4-8-18(19)21/h2-9,20-24H,10-15H2,1H3. The highest BCUT2D eigenvalue weighted by molar-refractivity contribution is 7.98. The van der Waals surface area contributed by atoms with Crippen molar-refractivity contribution in [2.75, 3.05) is 38.3 Å². The van der Waals surface area contributed by atoms with Crippen LogP contribution in [0.25, 0.3) is 0 Å². The van der Waals surface area contributed by atoms with Crippen LogP contribution >= 0.6 is 11.8 Å². The molecule has 3 amide bonds. The fraction of sp³-hybridized carbons (Fsp3) is 0.444. The van der Waals surface area contributed by atoms with E-state index in [2.05, 4.69) is 24.3 Å². The second-order valence-corrected chi connectivity index (χ2v) is 10.5. The van der Waals surface area contributed by atoms with E-state index in [-0.39, 0.29) is 29.6 Å². The number of imide groups is 1. The van der Waals surface area contributed by atoms with E-state index in [1.165, 1.54) is 4.90 Å². The normalized spacial score (nSPS) is 27.9. The second kappa shape index (κ2) is 8.54. The molecule has 7 heteroatoms. The Morgan fingerprint density at radius 1 is 0.912 bits per heavy atom. The minimum atomic E-state index is -0.748. The molecular formula is C27H28N2O4S. The molecule has 2 aliphatic heterocycles. The van der Waals surface area contributed by atoms with Crippen LogP contribution in [-0.4, -0.2) is 71.9 Å². The number of ether oxygens (including phenoxy) is 1. The molecule has 3 aliphatic carbocycles. The lowest BCUT2D eigenvalue weighted by Gasteiger charge is -2.45. The maximum atomic E-state index is 14.1. The van der Waals surface area contributed by atoms with Crippen LogP contribution in [0.4, 0.5) is 0 Å². The number of morpholine rings is 1. The maximum absolute atomic E-state index is 14.1. The number of hydrogen-bond acceptors (Lipinski definition) is 5. The van der Waals surface area contributed by atoms with Crippen LogP contribution in [0, 0.1) is 11.8 Å². The first-order valence-corrected chi connectivity index (χ1v) is 13.4. The molecule has 2 aromatic carbocycles. The third-order valence-electron chi connectivity index (χ3n) is 8.00. The van der Waals surface area contributed by atoms with Crippen LogP contribution in [0.5, 0.6) is 0 Å². The smallest absolute Gasteiger partial charge is 0.246 e. The summed E-state index contributed by atoms with van der Waals surface area (Å²) in [6.45, 7) is 1.98. The summed E-state index contributed by atoms with van der Waals surface area (Å²) in [4.78, 5) is 44.8. The molecule has 5 aliphatic rings. The van der Waals surface area contributed by atoms with Gasteiger partial charge in [-0.15, -0.1) is 0 Å². The second-order valence-electron chi connectivity index (χ2n) is 9.55. The highest BCUT2D eigenvalue weighted by Crippen LogP contribution is 2.61. The summed E-state index contributed by atoms with van der Waals surface area (Å²) < 4.78 is 5.42. The lowest BCUT2D eigenvalue weighted by atomic mass is 9.55. The molecule has 34 heavy (non-hydrogen) atoms. The van der Waals surface area contributed by atoms with Gasteiger partial charge in [-0.1, -0.05) is 48.5 Å². The SMILES string of the molecule is CSCCC(C(=O)N1CCOCC1)N1C(=O)C2C3c4ccccc4C(c4ccccc43)C2C1=O. The van der Waals surface area contributed by atoms with Crippen molar-refractivity contribution in [3.63, 3.8) is 0 Å². The van der Waals surface area contributed by atoms with Crippen LogP contribution in [-0.2, 0) is 19.1 Å². The fourth-order valence-electron chi connectivity index (χ4n) is 6.59. The molecule has 0 spiro atoms. The number of amides is 3. The summed E-state index contributed by atoms with van der Waals surface area (Å²) >= 11 is 1.63. The molecule has 2 fully saturated rings. The van der Waals surface area contributed by atoms with Gasteiger partial charge in [0.2, 0.25) is 17.7 Å². The van der Waals surface area contributed by atoms with E-state index in [0.717, 1.165) is 22.3 Å². The van der Waals surface area contributed by atoms with Crippen molar-refractivity contribution in [2.45, 2.75) is 24.3 Å². The fourth-order valence-corrected chi connectivity index (χ4v) is 7.05. The zero-order valence-corrected chi connectivity index (χ0v) is 20.0. The van der Waals surface area contributed by atoms with Crippen molar-refractivity contribution in [1.82, 2.24) is 9.80 Å². The van der Waals surface area contributed by atoms with Crippen molar-refractivity contribution < 1.29 is 19.1 Å². The number of benzene rings is 2. The molecule has 2 heterocycles. The number of likely N-dealkylation sites (tertiary alicyclic amines) is 1. The third kappa shape index (κ3) is 3.09. The Kier molecular flexibility index (Phi) is 5.49. The molecule has 6 nitrogen and oxygen atoms in total. The van der Waals surface area contributed by atoms with Gasteiger partial charge in [0.15, 0.2) is 0 Å². The lowest BCUT2D eigenvalue weighted by Crippen LogP contribution is -2.54. The highest BCUT2D eigenvalue weighted by atomic mass is 32.2. The third-order valence-corrected chi connectivity index (χ3v) is 8.64. The molecular weight excluding hydrogens is 448 g/mol. The largest absolute Gasteiger partial charge is 0.378 e. The summed E-state index contributed by atoms with van der Waals surface area (Å²) in [5, 5.41) is 0. The topological polar surface area (TPSA) is 66.9 Å². The van der Waals surface area contributed by atoms with Gasteiger partial charge in [-0.05, 0) is 40.7 Å². The van der Waals surface area contributed by atoms with E-state index in [0.29, 0.717) is 38.5 Å². The molecule has 0 radical (unpaired) electrons. The minimum absolute atomic E-state index is 0.125. The molecule has 0 N–H and O–H groups in total. The Hall–Kier alpha value is -2.64. The van der Waals surface area contributed by atoms with Gasteiger partial charge in [0.05, 0.1) is 25.0 Å². The first kappa shape index (κ1) is 21.9. The summed E-state index contributed by atoms with van der Waals surface area (Å²) in [5.74, 6) is -0.968. The Labute approximate surface area is 203 Å². The van der Waals surface area contributed by atoms with Crippen LogP contribution < -0.4 is 0 Å².